The molecule has 5 heteroatoms. The highest BCUT2D eigenvalue weighted by Gasteiger charge is 2.15. The first-order chi connectivity index (χ1) is 11.8. The van der Waals surface area contributed by atoms with Gasteiger partial charge in [-0.3, -0.25) is 9.48 Å². The topological polar surface area (TPSA) is 67.2 Å². The summed E-state index contributed by atoms with van der Waals surface area (Å²) in [5, 5.41) is 17.5. The Morgan fingerprint density at radius 1 is 1.12 bits per heavy atom. The first kappa shape index (κ1) is 16.2. The molecule has 1 unspecified atom stereocenters. The second-order valence-electron chi connectivity index (χ2n) is 5.76. The molecule has 0 fully saturated rings. The van der Waals surface area contributed by atoms with E-state index in [0.29, 0.717) is 12.8 Å². The van der Waals surface area contributed by atoms with E-state index >= 15 is 0 Å². The van der Waals surface area contributed by atoms with Crippen LogP contribution >= 0.6 is 0 Å². The Bertz CT molecular complexity index is 798. The van der Waals surface area contributed by atoms with Crippen molar-refractivity contribution in [2.45, 2.75) is 25.4 Å². The van der Waals surface area contributed by atoms with Crippen LogP contribution in [0.3, 0.4) is 0 Å². The standard InChI is InChI=1S/C19H21N3O2/c23-12-6-10-17(15-7-2-1-3-8-15)21-19(24)14-22-18-11-5-4-9-16(18)13-20-22/h1-5,7-9,11,13,17,23H,6,10,12,14H2,(H,21,24). The van der Waals surface area contributed by atoms with E-state index in [2.05, 4.69) is 10.4 Å². The summed E-state index contributed by atoms with van der Waals surface area (Å²) in [6, 6.07) is 17.6. The molecule has 24 heavy (non-hydrogen) atoms. The van der Waals surface area contributed by atoms with Crippen molar-refractivity contribution in [1.82, 2.24) is 15.1 Å². The minimum absolute atomic E-state index is 0.0874. The lowest BCUT2D eigenvalue weighted by Gasteiger charge is -2.19. The van der Waals surface area contributed by atoms with E-state index in [1.54, 1.807) is 10.9 Å². The summed E-state index contributed by atoms with van der Waals surface area (Å²) in [5.41, 5.74) is 1.99. The van der Waals surface area contributed by atoms with Gasteiger partial charge in [-0.25, -0.2) is 0 Å². The summed E-state index contributed by atoms with van der Waals surface area (Å²) in [6.07, 6.45) is 3.11. The largest absolute Gasteiger partial charge is 0.396 e. The van der Waals surface area contributed by atoms with E-state index in [1.807, 2.05) is 54.6 Å². The maximum absolute atomic E-state index is 12.5. The van der Waals surface area contributed by atoms with Crippen LogP contribution in [-0.4, -0.2) is 27.4 Å². The average Bonchev–Trinajstić information content (AvgIpc) is 3.02. The van der Waals surface area contributed by atoms with Crippen LogP contribution in [-0.2, 0) is 11.3 Å². The molecule has 3 rings (SSSR count). The highest BCUT2D eigenvalue weighted by Crippen LogP contribution is 2.18. The van der Waals surface area contributed by atoms with Crippen LogP contribution in [0.5, 0.6) is 0 Å². The fourth-order valence-corrected chi connectivity index (χ4v) is 2.83. The van der Waals surface area contributed by atoms with Crippen LogP contribution in [0.2, 0.25) is 0 Å². The van der Waals surface area contributed by atoms with Gasteiger partial charge in [0, 0.05) is 12.0 Å². The van der Waals surface area contributed by atoms with E-state index in [0.717, 1.165) is 16.5 Å². The third-order valence-electron chi connectivity index (χ3n) is 4.03. The third kappa shape index (κ3) is 3.81. The van der Waals surface area contributed by atoms with Crippen molar-refractivity contribution < 1.29 is 9.90 Å². The molecule has 1 heterocycles. The average molecular weight is 323 g/mol. The maximum atomic E-state index is 12.5. The summed E-state index contributed by atoms with van der Waals surface area (Å²) in [6.45, 7) is 0.291. The quantitative estimate of drug-likeness (QED) is 0.702. The number of hydrogen-bond donors (Lipinski definition) is 2. The van der Waals surface area contributed by atoms with E-state index < -0.39 is 0 Å². The van der Waals surface area contributed by atoms with Gasteiger partial charge >= 0.3 is 0 Å². The minimum Gasteiger partial charge on any atom is -0.396 e. The lowest BCUT2D eigenvalue weighted by molar-refractivity contribution is -0.122. The number of nitrogens with one attached hydrogen (secondary N) is 1. The van der Waals surface area contributed by atoms with Gasteiger partial charge in [0.2, 0.25) is 5.91 Å². The Hall–Kier alpha value is -2.66. The van der Waals surface area contributed by atoms with Crippen LogP contribution in [0.25, 0.3) is 10.9 Å². The second kappa shape index (κ2) is 7.75. The Balaban J connectivity index is 1.71. The molecule has 0 saturated carbocycles. The zero-order valence-electron chi connectivity index (χ0n) is 13.4. The SMILES string of the molecule is O=C(Cn1ncc2ccccc21)NC(CCCO)c1ccccc1. The van der Waals surface area contributed by atoms with Gasteiger partial charge in [0.25, 0.3) is 0 Å². The fraction of sp³-hybridized carbons (Fsp3) is 0.263. The number of fused-ring (bicyclic) bond motifs is 1. The summed E-state index contributed by atoms with van der Waals surface area (Å²) in [5.74, 6) is -0.0874. The smallest absolute Gasteiger partial charge is 0.242 e. The Morgan fingerprint density at radius 3 is 2.67 bits per heavy atom. The fourth-order valence-electron chi connectivity index (χ4n) is 2.83. The third-order valence-corrected chi connectivity index (χ3v) is 4.03. The predicted octanol–water partition coefficient (Wildman–Crippen LogP) is 2.67. The van der Waals surface area contributed by atoms with Crippen LogP contribution in [0, 0.1) is 0 Å². The van der Waals surface area contributed by atoms with E-state index in [-0.39, 0.29) is 25.1 Å². The van der Waals surface area contributed by atoms with Gasteiger partial charge in [-0.1, -0.05) is 48.5 Å². The molecule has 0 aliphatic rings. The van der Waals surface area contributed by atoms with Gasteiger partial charge in [0.15, 0.2) is 0 Å². The van der Waals surface area contributed by atoms with Crippen molar-refractivity contribution in [2.24, 2.45) is 0 Å². The lowest BCUT2D eigenvalue weighted by Crippen LogP contribution is -2.32. The molecule has 124 valence electrons. The normalized spacial score (nSPS) is 12.2. The highest BCUT2D eigenvalue weighted by atomic mass is 16.3. The molecule has 1 aromatic heterocycles. The summed E-state index contributed by atoms with van der Waals surface area (Å²) in [7, 11) is 0. The molecule has 1 amide bonds. The molecule has 0 aliphatic carbocycles. The number of aliphatic hydroxyl groups excluding tert-OH is 1. The number of para-hydroxylation sites is 1. The van der Waals surface area contributed by atoms with E-state index in [1.165, 1.54) is 0 Å². The first-order valence-corrected chi connectivity index (χ1v) is 8.13. The molecular weight excluding hydrogens is 302 g/mol. The van der Waals surface area contributed by atoms with Crippen LogP contribution in [0.1, 0.15) is 24.4 Å². The predicted molar refractivity (Wildman–Crippen MR) is 93.4 cm³/mol. The Morgan fingerprint density at radius 2 is 1.88 bits per heavy atom. The lowest BCUT2D eigenvalue weighted by atomic mass is 10.0. The second-order valence-corrected chi connectivity index (χ2v) is 5.76. The molecule has 5 nitrogen and oxygen atoms in total. The molecule has 0 bridgehead atoms. The number of hydrogen-bond acceptors (Lipinski definition) is 3. The minimum atomic E-state index is -0.104. The molecule has 0 radical (unpaired) electrons. The van der Waals surface area contributed by atoms with Gasteiger partial charge in [0.1, 0.15) is 6.54 Å². The van der Waals surface area contributed by atoms with Crippen LogP contribution in [0.15, 0.2) is 60.8 Å². The molecule has 0 aliphatic heterocycles. The number of nitrogens with zero attached hydrogens (tertiary/aromatic N) is 2. The van der Waals surface area contributed by atoms with Crippen LogP contribution < -0.4 is 5.32 Å². The van der Waals surface area contributed by atoms with Crippen molar-refractivity contribution in [3.63, 3.8) is 0 Å². The number of aliphatic hydroxyl groups is 1. The van der Waals surface area contributed by atoms with E-state index in [9.17, 15) is 4.79 Å². The summed E-state index contributed by atoms with van der Waals surface area (Å²) < 4.78 is 1.71. The Kier molecular flexibility index (Phi) is 5.23. The van der Waals surface area contributed by atoms with Gasteiger partial charge in [-0.15, -0.1) is 0 Å². The molecule has 2 N–H and O–H groups in total. The van der Waals surface area contributed by atoms with Crippen molar-refractivity contribution >= 4 is 16.8 Å². The van der Waals surface area contributed by atoms with Crippen molar-refractivity contribution in [3.05, 3.63) is 66.4 Å². The summed E-state index contributed by atoms with van der Waals surface area (Å²) >= 11 is 0. The highest BCUT2D eigenvalue weighted by molar-refractivity contribution is 5.82. The number of amides is 1. The molecule has 2 aromatic carbocycles. The van der Waals surface area contributed by atoms with Gasteiger partial charge in [0.05, 0.1) is 17.8 Å². The van der Waals surface area contributed by atoms with Gasteiger partial charge in [-0.2, -0.15) is 5.10 Å². The maximum Gasteiger partial charge on any atom is 0.242 e. The first-order valence-electron chi connectivity index (χ1n) is 8.13. The number of aromatic nitrogens is 2. The number of carbonyl (C=O) groups excluding carboxylic acids is 1. The number of rotatable bonds is 7. The number of carbonyl (C=O) groups is 1. The molecule has 3 aromatic rings. The number of benzene rings is 2. The Labute approximate surface area is 140 Å². The molecule has 0 saturated heterocycles. The molecule has 0 spiro atoms. The zero-order valence-corrected chi connectivity index (χ0v) is 13.4. The van der Waals surface area contributed by atoms with Gasteiger partial charge < -0.3 is 10.4 Å². The van der Waals surface area contributed by atoms with Crippen molar-refractivity contribution in [1.29, 1.82) is 0 Å². The molecule has 1 atom stereocenters. The van der Waals surface area contributed by atoms with Crippen molar-refractivity contribution in [2.75, 3.05) is 6.61 Å². The van der Waals surface area contributed by atoms with Crippen molar-refractivity contribution in [3.8, 4) is 0 Å². The monoisotopic (exact) mass is 323 g/mol. The van der Waals surface area contributed by atoms with Crippen LogP contribution in [0.4, 0.5) is 0 Å². The van der Waals surface area contributed by atoms with E-state index in [4.69, 9.17) is 5.11 Å². The summed E-state index contributed by atoms with van der Waals surface area (Å²) in [4.78, 5) is 12.5. The van der Waals surface area contributed by atoms with Gasteiger partial charge in [-0.05, 0) is 24.5 Å². The zero-order chi connectivity index (χ0) is 16.8. The molecular formula is C19H21N3O2.